The number of carbonyl (C=O) groups is 1. The zero-order valence-electron chi connectivity index (χ0n) is 18.2. The highest BCUT2D eigenvalue weighted by Gasteiger charge is 2.29. The quantitative estimate of drug-likeness (QED) is 0.547. The van der Waals surface area contributed by atoms with Crippen LogP contribution in [0.15, 0.2) is 53.7 Å². The lowest BCUT2D eigenvalue weighted by Crippen LogP contribution is -2.35. The standard InChI is InChI=1S/C23H26N4O4S/c1-3-31-23(28)18-8-10-21(25-16-18)26-12-5-13-27(15-14-26)32(29,30)20-9-7-17(2)22-19(20)6-4-11-24-22/h4,6-11,16H,3,5,12-15H2,1-2H3. The van der Waals surface area contributed by atoms with Crippen LogP contribution in [0.2, 0.25) is 0 Å². The number of aromatic nitrogens is 2. The highest BCUT2D eigenvalue weighted by Crippen LogP contribution is 2.28. The average Bonchev–Trinajstić information content (AvgIpc) is 3.07. The second-order valence-electron chi connectivity index (χ2n) is 7.65. The van der Waals surface area contributed by atoms with Crippen LogP contribution in [-0.4, -0.2) is 61.4 Å². The van der Waals surface area contributed by atoms with Crippen molar-refractivity contribution >= 4 is 32.7 Å². The minimum absolute atomic E-state index is 0.288. The second-order valence-corrected chi connectivity index (χ2v) is 9.56. The fraction of sp³-hybridized carbons (Fsp3) is 0.348. The Labute approximate surface area is 187 Å². The van der Waals surface area contributed by atoms with Crippen LogP contribution >= 0.6 is 0 Å². The molecule has 0 saturated carbocycles. The molecule has 3 heterocycles. The number of ether oxygens (including phenoxy) is 1. The third-order valence-electron chi connectivity index (χ3n) is 5.59. The maximum absolute atomic E-state index is 13.5. The maximum atomic E-state index is 13.5. The van der Waals surface area contributed by atoms with Crippen molar-refractivity contribution in [2.24, 2.45) is 0 Å². The van der Waals surface area contributed by atoms with Gasteiger partial charge in [-0.2, -0.15) is 4.31 Å². The van der Waals surface area contributed by atoms with Crippen LogP contribution in [0.4, 0.5) is 5.82 Å². The van der Waals surface area contributed by atoms with Crippen molar-refractivity contribution in [1.82, 2.24) is 14.3 Å². The van der Waals surface area contributed by atoms with Crippen molar-refractivity contribution in [2.45, 2.75) is 25.2 Å². The molecule has 1 aliphatic heterocycles. The van der Waals surface area contributed by atoms with Gasteiger partial charge in [-0.3, -0.25) is 4.98 Å². The Balaban J connectivity index is 1.53. The minimum Gasteiger partial charge on any atom is -0.462 e. The van der Waals surface area contributed by atoms with Gasteiger partial charge in [0.15, 0.2) is 0 Å². The van der Waals surface area contributed by atoms with E-state index in [1.165, 1.54) is 10.5 Å². The SMILES string of the molecule is CCOC(=O)c1ccc(N2CCCN(S(=O)(=O)c3ccc(C)c4ncccc34)CC2)nc1. The Hall–Kier alpha value is -3.04. The first-order valence-corrected chi connectivity index (χ1v) is 12.1. The van der Waals surface area contributed by atoms with Gasteiger partial charge in [-0.1, -0.05) is 6.07 Å². The molecule has 0 bridgehead atoms. The van der Waals surface area contributed by atoms with Gasteiger partial charge in [0, 0.05) is 44.0 Å². The molecule has 32 heavy (non-hydrogen) atoms. The first-order chi connectivity index (χ1) is 15.4. The summed E-state index contributed by atoms with van der Waals surface area (Å²) >= 11 is 0. The molecule has 168 valence electrons. The van der Waals surface area contributed by atoms with E-state index >= 15 is 0 Å². The predicted octanol–water partition coefficient (Wildman–Crippen LogP) is 3.02. The van der Waals surface area contributed by atoms with Crippen molar-refractivity contribution in [3.63, 3.8) is 0 Å². The van der Waals surface area contributed by atoms with Crippen LogP contribution in [0, 0.1) is 6.92 Å². The molecule has 9 heteroatoms. The third kappa shape index (κ3) is 4.31. The van der Waals surface area contributed by atoms with E-state index in [4.69, 9.17) is 4.74 Å². The number of pyridine rings is 2. The lowest BCUT2D eigenvalue weighted by atomic mass is 10.1. The third-order valence-corrected chi connectivity index (χ3v) is 7.54. The molecular weight excluding hydrogens is 428 g/mol. The molecule has 0 aliphatic carbocycles. The van der Waals surface area contributed by atoms with Crippen LogP contribution in [0.3, 0.4) is 0 Å². The number of fused-ring (bicyclic) bond motifs is 1. The summed E-state index contributed by atoms with van der Waals surface area (Å²) in [5.74, 6) is 0.307. The monoisotopic (exact) mass is 454 g/mol. The minimum atomic E-state index is -3.67. The molecule has 2 aromatic heterocycles. The number of hydrogen-bond donors (Lipinski definition) is 0. The summed E-state index contributed by atoms with van der Waals surface area (Å²) in [5, 5.41) is 0.643. The number of esters is 1. The Kier molecular flexibility index (Phi) is 6.38. The zero-order chi connectivity index (χ0) is 22.7. The van der Waals surface area contributed by atoms with Gasteiger partial charge in [-0.25, -0.2) is 18.2 Å². The molecular formula is C23H26N4O4S. The van der Waals surface area contributed by atoms with E-state index in [0.29, 0.717) is 61.5 Å². The van der Waals surface area contributed by atoms with E-state index in [0.717, 1.165) is 5.56 Å². The van der Waals surface area contributed by atoms with Gasteiger partial charge in [0.1, 0.15) is 5.82 Å². The first kappa shape index (κ1) is 22.2. The summed E-state index contributed by atoms with van der Waals surface area (Å²) in [5.41, 5.74) is 2.05. The van der Waals surface area contributed by atoms with Crippen molar-refractivity contribution in [2.75, 3.05) is 37.7 Å². The van der Waals surface area contributed by atoms with Crippen LogP contribution in [0.25, 0.3) is 10.9 Å². The van der Waals surface area contributed by atoms with Crippen LogP contribution in [-0.2, 0) is 14.8 Å². The molecule has 0 atom stereocenters. The number of benzene rings is 1. The molecule has 1 aliphatic rings. The van der Waals surface area contributed by atoms with E-state index in [1.807, 2.05) is 11.8 Å². The Morgan fingerprint density at radius 3 is 2.66 bits per heavy atom. The number of sulfonamides is 1. The number of carbonyl (C=O) groups excluding carboxylic acids is 1. The number of aryl methyl sites for hydroxylation is 1. The highest BCUT2D eigenvalue weighted by atomic mass is 32.2. The summed E-state index contributed by atoms with van der Waals surface area (Å²) in [6.45, 7) is 5.95. The van der Waals surface area contributed by atoms with E-state index in [-0.39, 0.29) is 4.90 Å². The van der Waals surface area contributed by atoms with Crippen molar-refractivity contribution in [3.8, 4) is 0 Å². The summed E-state index contributed by atoms with van der Waals surface area (Å²) in [4.78, 5) is 22.9. The lowest BCUT2D eigenvalue weighted by Gasteiger charge is -2.23. The average molecular weight is 455 g/mol. The van der Waals surface area contributed by atoms with Gasteiger partial charge >= 0.3 is 5.97 Å². The Bertz CT molecular complexity index is 1230. The summed E-state index contributed by atoms with van der Waals surface area (Å²) in [6, 6.07) is 10.5. The molecule has 0 N–H and O–H groups in total. The smallest absolute Gasteiger partial charge is 0.339 e. The molecule has 3 aromatic rings. The molecule has 0 radical (unpaired) electrons. The normalized spacial score (nSPS) is 15.5. The molecule has 1 fully saturated rings. The number of hydrogen-bond acceptors (Lipinski definition) is 7. The van der Waals surface area contributed by atoms with Gasteiger partial charge in [-0.15, -0.1) is 0 Å². The molecule has 0 spiro atoms. The van der Waals surface area contributed by atoms with Gasteiger partial charge < -0.3 is 9.64 Å². The molecule has 8 nitrogen and oxygen atoms in total. The van der Waals surface area contributed by atoms with Gasteiger partial charge in [0.05, 0.1) is 22.6 Å². The lowest BCUT2D eigenvalue weighted by molar-refractivity contribution is 0.0526. The molecule has 0 unspecified atom stereocenters. The van der Waals surface area contributed by atoms with Gasteiger partial charge in [-0.05, 0) is 56.2 Å². The van der Waals surface area contributed by atoms with Crippen molar-refractivity contribution in [1.29, 1.82) is 0 Å². The van der Waals surface area contributed by atoms with Crippen molar-refractivity contribution < 1.29 is 17.9 Å². The molecule has 0 amide bonds. The Morgan fingerprint density at radius 1 is 1.06 bits per heavy atom. The number of nitrogens with zero attached hydrogens (tertiary/aromatic N) is 4. The van der Waals surface area contributed by atoms with E-state index in [1.54, 1.807) is 49.5 Å². The second kappa shape index (κ2) is 9.22. The van der Waals surface area contributed by atoms with E-state index < -0.39 is 16.0 Å². The largest absolute Gasteiger partial charge is 0.462 e. The van der Waals surface area contributed by atoms with Gasteiger partial charge in [0.25, 0.3) is 0 Å². The molecule has 1 aromatic carbocycles. The van der Waals surface area contributed by atoms with E-state index in [2.05, 4.69) is 9.97 Å². The fourth-order valence-electron chi connectivity index (χ4n) is 3.92. The summed E-state index contributed by atoms with van der Waals surface area (Å²) < 4.78 is 33.5. The van der Waals surface area contributed by atoms with E-state index in [9.17, 15) is 13.2 Å². The zero-order valence-corrected chi connectivity index (χ0v) is 19.0. The van der Waals surface area contributed by atoms with Crippen LogP contribution in [0.1, 0.15) is 29.3 Å². The number of rotatable bonds is 5. The van der Waals surface area contributed by atoms with Crippen molar-refractivity contribution in [3.05, 3.63) is 59.9 Å². The Morgan fingerprint density at radius 2 is 1.91 bits per heavy atom. The van der Waals surface area contributed by atoms with Gasteiger partial charge in [0.2, 0.25) is 10.0 Å². The highest BCUT2D eigenvalue weighted by molar-refractivity contribution is 7.89. The first-order valence-electron chi connectivity index (χ1n) is 10.6. The fourth-order valence-corrected chi connectivity index (χ4v) is 5.58. The summed E-state index contributed by atoms with van der Waals surface area (Å²) in [6.07, 6.45) is 3.84. The predicted molar refractivity (Wildman–Crippen MR) is 122 cm³/mol. The molecule has 4 rings (SSSR count). The number of anilines is 1. The summed E-state index contributed by atoms with van der Waals surface area (Å²) in [7, 11) is -3.67. The van der Waals surface area contributed by atoms with Crippen LogP contribution < -0.4 is 4.90 Å². The molecule has 1 saturated heterocycles. The van der Waals surface area contributed by atoms with Crippen LogP contribution in [0.5, 0.6) is 0 Å². The topological polar surface area (TPSA) is 92.7 Å². The maximum Gasteiger partial charge on any atom is 0.339 e.